The second-order valence-electron chi connectivity index (χ2n) is 7.16. The highest BCUT2D eigenvalue weighted by molar-refractivity contribution is 5.75. The third-order valence-corrected chi connectivity index (χ3v) is 5.17. The molecule has 0 saturated carbocycles. The number of hydrogen-bond donors (Lipinski definition) is 1. The molecule has 2 amide bonds. The number of nitrogens with one attached hydrogen (secondary N) is 1. The molecular weight excluding hydrogens is 316 g/mol. The number of urea groups is 1. The van der Waals surface area contributed by atoms with Crippen molar-refractivity contribution in [1.29, 1.82) is 0 Å². The van der Waals surface area contributed by atoms with Gasteiger partial charge in [0, 0.05) is 32.2 Å². The third kappa shape index (κ3) is 4.73. The molecule has 25 heavy (non-hydrogen) atoms. The molecule has 138 valence electrons. The van der Waals surface area contributed by atoms with Gasteiger partial charge in [0.05, 0.1) is 12.6 Å². The summed E-state index contributed by atoms with van der Waals surface area (Å²) >= 11 is 0. The maximum atomic E-state index is 12.7. The van der Waals surface area contributed by atoms with E-state index < -0.39 is 0 Å². The van der Waals surface area contributed by atoms with Gasteiger partial charge in [-0.1, -0.05) is 29.8 Å². The lowest BCUT2D eigenvalue weighted by atomic mass is 9.95. The predicted octanol–water partition coefficient (Wildman–Crippen LogP) is 3.28. The van der Waals surface area contributed by atoms with E-state index in [9.17, 15) is 4.79 Å². The van der Waals surface area contributed by atoms with Gasteiger partial charge in [0.15, 0.2) is 0 Å². The van der Waals surface area contributed by atoms with Gasteiger partial charge >= 0.3 is 6.03 Å². The molecule has 1 N–H and O–H groups in total. The molecule has 1 aromatic rings. The first kappa shape index (κ1) is 18.2. The Morgan fingerprint density at radius 1 is 1.32 bits per heavy atom. The SMILES string of the molecule is CCOC[C@@H]1CCN(C(=O)N[C@@H]2CCCO[C@H]2c2ccc(C)cc2)C1. The summed E-state index contributed by atoms with van der Waals surface area (Å²) in [4.78, 5) is 14.6. The van der Waals surface area contributed by atoms with E-state index in [0.29, 0.717) is 5.92 Å². The quantitative estimate of drug-likeness (QED) is 0.890. The first-order valence-electron chi connectivity index (χ1n) is 9.48. The minimum atomic E-state index is -0.0554. The van der Waals surface area contributed by atoms with Crippen LogP contribution in [-0.4, -0.2) is 49.9 Å². The molecule has 0 unspecified atom stereocenters. The number of benzene rings is 1. The minimum absolute atomic E-state index is 0.0339. The summed E-state index contributed by atoms with van der Waals surface area (Å²) in [6.07, 6.45) is 2.91. The van der Waals surface area contributed by atoms with Crippen LogP contribution in [0.15, 0.2) is 24.3 Å². The van der Waals surface area contributed by atoms with Crippen molar-refractivity contribution in [2.75, 3.05) is 32.9 Å². The number of amides is 2. The van der Waals surface area contributed by atoms with Gasteiger partial charge in [-0.2, -0.15) is 0 Å². The molecule has 2 heterocycles. The average Bonchev–Trinajstić information content (AvgIpc) is 3.10. The molecule has 2 saturated heterocycles. The van der Waals surface area contributed by atoms with Crippen molar-refractivity contribution in [2.45, 2.75) is 45.3 Å². The first-order chi connectivity index (χ1) is 12.2. The molecule has 0 aliphatic carbocycles. The van der Waals surface area contributed by atoms with E-state index in [0.717, 1.165) is 57.7 Å². The first-order valence-corrected chi connectivity index (χ1v) is 9.48. The van der Waals surface area contributed by atoms with Crippen molar-refractivity contribution in [2.24, 2.45) is 5.92 Å². The van der Waals surface area contributed by atoms with Gasteiger partial charge in [-0.25, -0.2) is 4.79 Å². The Morgan fingerprint density at radius 3 is 2.88 bits per heavy atom. The van der Waals surface area contributed by atoms with E-state index in [1.165, 1.54) is 5.56 Å². The zero-order valence-corrected chi connectivity index (χ0v) is 15.4. The lowest BCUT2D eigenvalue weighted by molar-refractivity contribution is -0.00853. The van der Waals surface area contributed by atoms with Gasteiger partial charge in [-0.15, -0.1) is 0 Å². The van der Waals surface area contributed by atoms with E-state index in [2.05, 4.69) is 36.5 Å². The Balaban J connectivity index is 1.58. The van der Waals surface area contributed by atoms with Crippen LogP contribution in [0.4, 0.5) is 4.79 Å². The van der Waals surface area contributed by atoms with Crippen LogP contribution >= 0.6 is 0 Å². The van der Waals surface area contributed by atoms with Crippen LogP contribution in [0.1, 0.15) is 43.4 Å². The van der Waals surface area contributed by atoms with Crippen LogP contribution in [0.25, 0.3) is 0 Å². The Kier molecular flexibility index (Phi) is 6.32. The molecule has 0 radical (unpaired) electrons. The predicted molar refractivity (Wildman–Crippen MR) is 97.6 cm³/mol. The highest BCUT2D eigenvalue weighted by Gasteiger charge is 2.32. The highest BCUT2D eigenvalue weighted by atomic mass is 16.5. The molecule has 5 heteroatoms. The van der Waals surface area contributed by atoms with Crippen LogP contribution < -0.4 is 5.32 Å². The van der Waals surface area contributed by atoms with Gasteiger partial charge in [-0.3, -0.25) is 0 Å². The average molecular weight is 346 g/mol. The molecule has 5 nitrogen and oxygen atoms in total. The fourth-order valence-electron chi connectivity index (χ4n) is 3.70. The molecule has 3 rings (SSSR count). The maximum Gasteiger partial charge on any atom is 0.317 e. The monoisotopic (exact) mass is 346 g/mol. The molecule has 0 aromatic heterocycles. The summed E-state index contributed by atoms with van der Waals surface area (Å²) in [6.45, 7) is 7.93. The van der Waals surface area contributed by atoms with Crippen molar-refractivity contribution in [3.8, 4) is 0 Å². The molecule has 1 aromatic carbocycles. The Morgan fingerprint density at radius 2 is 2.12 bits per heavy atom. The van der Waals surface area contributed by atoms with Gasteiger partial charge in [0.25, 0.3) is 0 Å². The maximum absolute atomic E-state index is 12.7. The van der Waals surface area contributed by atoms with Gasteiger partial charge < -0.3 is 19.7 Å². The lowest BCUT2D eigenvalue weighted by Crippen LogP contribution is -2.48. The number of ether oxygens (including phenoxy) is 2. The summed E-state index contributed by atoms with van der Waals surface area (Å²) in [6, 6.07) is 8.49. The fraction of sp³-hybridized carbons (Fsp3) is 0.650. The van der Waals surface area contributed by atoms with Gasteiger partial charge in [0.2, 0.25) is 0 Å². The number of hydrogen-bond acceptors (Lipinski definition) is 3. The number of likely N-dealkylation sites (tertiary alicyclic amines) is 1. The molecule has 3 atom stereocenters. The van der Waals surface area contributed by atoms with Crippen LogP contribution in [-0.2, 0) is 9.47 Å². The smallest absolute Gasteiger partial charge is 0.317 e. The molecule has 0 spiro atoms. The normalized spacial score (nSPS) is 26.6. The molecular formula is C20H30N2O3. The Bertz CT molecular complexity index is 561. The molecule has 0 bridgehead atoms. The van der Waals surface area contributed by atoms with Gasteiger partial charge in [0.1, 0.15) is 6.10 Å². The Labute approximate surface area is 150 Å². The number of nitrogens with zero attached hydrogens (tertiary/aromatic N) is 1. The number of aryl methyl sites for hydroxylation is 1. The number of rotatable bonds is 5. The molecule has 2 aliphatic rings. The van der Waals surface area contributed by atoms with E-state index in [-0.39, 0.29) is 18.2 Å². The van der Waals surface area contributed by atoms with Gasteiger partial charge in [-0.05, 0) is 38.7 Å². The standard InChI is InChI=1S/C20H30N2O3/c1-3-24-14-16-10-11-22(13-16)20(23)21-18-5-4-12-25-19(18)17-8-6-15(2)7-9-17/h6-9,16,18-19H,3-5,10-14H2,1-2H3,(H,21,23)/t16-,18-,19+/m1/s1. The van der Waals surface area contributed by atoms with Crippen molar-refractivity contribution in [1.82, 2.24) is 10.2 Å². The van der Waals surface area contributed by atoms with E-state index >= 15 is 0 Å². The van der Waals surface area contributed by atoms with E-state index in [1.807, 2.05) is 11.8 Å². The second-order valence-corrected chi connectivity index (χ2v) is 7.16. The summed E-state index contributed by atoms with van der Waals surface area (Å²) in [5.41, 5.74) is 2.38. The lowest BCUT2D eigenvalue weighted by Gasteiger charge is -2.34. The van der Waals surface area contributed by atoms with Crippen molar-refractivity contribution in [3.05, 3.63) is 35.4 Å². The van der Waals surface area contributed by atoms with Crippen molar-refractivity contribution < 1.29 is 14.3 Å². The fourth-order valence-corrected chi connectivity index (χ4v) is 3.70. The minimum Gasteiger partial charge on any atom is -0.381 e. The summed E-state index contributed by atoms with van der Waals surface area (Å²) in [5.74, 6) is 0.459. The second kappa shape index (κ2) is 8.68. The van der Waals surface area contributed by atoms with Crippen LogP contribution in [0.5, 0.6) is 0 Å². The van der Waals surface area contributed by atoms with E-state index in [4.69, 9.17) is 9.47 Å². The molecule has 2 aliphatic heterocycles. The third-order valence-electron chi connectivity index (χ3n) is 5.17. The number of carbonyl (C=O) groups is 1. The summed E-state index contributed by atoms with van der Waals surface area (Å²) in [5, 5.41) is 3.22. The highest BCUT2D eigenvalue weighted by Crippen LogP contribution is 2.29. The van der Waals surface area contributed by atoms with Crippen molar-refractivity contribution in [3.63, 3.8) is 0 Å². The van der Waals surface area contributed by atoms with Crippen LogP contribution in [0.2, 0.25) is 0 Å². The summed E-state index contributed by atoms with van der Waals surface area (Å²) < 4.78 is 11.5. The number of carbonyl (C=O) groups excluding carboxylic acids is 1. The van der Waals surface area contributed by atoms with E-state index in [1.54, 1.807) is 0 Å². The van der Waals surface area contributed by atoms with Crippen LogP contribution in [0.3, 0.4) is 0 Å². The molecule has 2 fully saturated rings. The zero-order valence-electron chi connectivity index (χ0n) is 15.4. The van der Waals surface area contributed by atoms with Crippen molar-refractivity contribution >= 4 is 6.03 Å². The largest absolute Gasteiger partial charge is 0.381 e. The topological polar surface area (TPSA) is 50.8 Å². The zero-order chi connectivity index (χ0) is 17.6. The summed E-state index contributed by atoms with van der Waals surface area (Å²) in [7, 11) is 0. The Hall–Kier alpha value is -1.59. The van der Waals surface area contributed by atoms with Crippen LogP contribution in [0, 0.1) is 12.8 Å².